The number of nitrogens with zero attached hydrogens (tertiary/aromatic N) is 3. The molecule has 9 heteroatoms. The SMILES string of the molecule is CC(=O)Nc1ccc(S(=O)(=O)N2CCN(C(=O)N(c3ccccc3)c3ccccc3)CC2)cc1. The summed E-state index contributed by atoms with van der Waals surface area (Å²) in [6.07, 6.45) is 0. The van der Waals surface area contributed by atoms with E-state index in [1.807, 2.05) is 60.7 Å². The maximum absolute atomic E-state index is 13.5. The Hall–Kier alpha value is -3.69. The summed E-state index contributed by atoms with van der Waals surface area (Å²) >= 11 is 0. The van der Waals surface area contributed by atoms with Gasteiger partial charge in [0.15, 0.2) is 0 Å². The van der Waals surface area contributed by atoms with Crippen LogP contribution in [0.25, 0.3) is 0 Å². The molecule has 1 fully saturated rings. The van der Waals surface area contributed by atoms with Gasteiger partial charge in [0, 0.05) is 38.8 Å². The number of amides is 3. The first-order valence-electron chi connectivity index (χ1n) is 10.9. The van der Waals surface area contributed by atoms with Crippen molar-refractivity contribution >= 4 is 39.0 Å². The van der Waals surface area contributed by atoms with Crippen molar-refractivity contribution in [2.24, 2.45) is 0 Å². The molecule has 0 spiro atoms. The second-order valence-electron chi connectivity index (χ2n) is 7.89. The number of hydrogen-bond donors (Lipinski definition) is 1. The van der Waals surface area contributed by atoms with E-state index in [4.69, 9.17) is 0 Å². The van der Waals surface area contributed by atoms with E-state index < -0.39 is 10.0 Å². The molecule has 0 aliphatic carbocycles. The van der Waals surface area contributed by atoms with Crippen LogP contribution < -0.4 is 10.2 Å². The molecule has 176 valence electrons. The Bertz CT molecular complexity index is 1200. The van der Waals surface area contributed by atoms with Gasteiger partial charge in [-0.2, -0.15) is 4.31 Å². The Labute approximate surface area is 199 Å². The minimum Gasteiger partial charge on any atom is -0.326 e. The number of benzene rings is 3. The Morgan fingerprint density at radius 1 is 0.765 bits per heavy atom. The van der Waals surface area contributed by atoms with Gasteiger partial charge in [0.05, 0.1) is 16.3 Å². The van der Waals surface area contributed by atoms with E-state index in [9.17, 15) is 18.0 Å². The molecule has 0 atom stereocenters. The van der Waals surface area contributed by atoms with E-state index in [-0.39, 0.29) is 43.0 Å². The molecule has 0 saturated carbocycles. The summed E-state index contributed by atoms with van der Waals surface area (Å²) in [5.74, 6) is -0.226. The molecule has 0 aromatic heterocycles. The van der Waals surface area contributed by atoms with Crippen LogP contribution >= 0.6 is 0 Å². The summed E-state index contributed by atoms with van der Waals surface area (Å²) in [5, 5.41) is 2.62. The zero-order chi connectivity index (χ0) is 24.1. The maximum Gasteiger partial charge on any atom is 0.329 e. The van der Waals surface area contributed by atoms with Crippen molar-refractivity contribution in [3.63, 3.8) is 0 Å². The summed E-state index contributed by atoms with van der Waals surface area (Å²) in [4.78, 5) is 28.2. The molecule has 0 radical (unpaired) electrons. The first-order chi connectivity index (χ1) is 16.4. The fraction of sp³-hybridized carbons (Fsp3) is 0.200. The molecule has 1 saturated heterocycles. The highest BCUT2D eigenvalue weighted by atomic mass is 32.2. The van der Waals surface area contributed by atoms with Crippen molar-refractivity contribution in [3.8, 4) is 0 Å². The number of rotatable bonds is 5. The van der Waals surface area contributed by atoms with Crippen LogP contribution in [0.4, 0.5) is 21.9 Å². The number of carbonyl (C=O) groups excluding carboxylic acids is 2. The van der Waals surface area contributed by atoms with Gasteiger partial charge < -0.3 is 10.2 Å². The van der Waals surface area contributed by atoms with E-state index in [1.54, 1.807) is 21.9 Å². The van der Waals surface area contributed by atoms with Crippen molar-refractivity contribution in [2.75, 3.05) is 36.4 Å². The highest BCUT2D eigenvalue weighted by Gasteiger charge is 2.32. The lowest BCUT2D eigenvalue weighted by atomic mass is 10.2. The van der Waals surface area contributed by atoms with Gasteiger partial charge in [-0.05, 0) is 48.5 Å². The summed E-state index contributed by atoms with van der Waals surface area (Å²) < 4.78 is 27.6. The van der Waals surface area contributed by atoms with E-state index in [0.717, 1.165) is 11.4 Å². The Balaban J connectivity index is 1.48. The average molecular weight is 479 g/mol. The molecule has 1 aliphatic heterocycles. The molecule has 1 N–H and O–H groups in total. The number of piperazine rings is 1. The summed E-state index contributed by atoms with van der Waals surface area (Å²) in [6.45, 7) is 2.33. The second-order valence-corrected chi connectivity index (χ2v) is 9.82. The standard InChI is InChI=1S/C25H26N4O4S/c1-20(30)26-21-12-14-24(15-13-21)34(32,33)28-18-16-27(17-19-28)25(31)29(22-8-4-2-5-9-22)23-10-6-3-7-11-23/h2-15H,16-19H2,1H3,(H,26,30). The number of para-hydroxylation sites is 2. The average Bonchev–Trinajstić information content (AvgIpc) is 2.85. The molecular weight excluding hydrogens is 452 g/mol. The van der Waals surface area contributed by atoms with Crippen LogP contribution in [0.15, 0.2) is 89.8 Å². The third-order valence-electron chi connectivity index (χ3n) is 5.54. The van der Waals surface area contributed by atoms with Gasteiger partial charge >= 0.3 is 6.03 Å². The summed E-state index contributed by atoms with van der Waals surface area (Å²) in [6, 6.07) is 24.6. The van der Waals surface area contributed by atoms with E-state index in [0.29, 0.717) is 5.69 Å². The molecule has 4 rings (SSSR count). The monoisotopic (exact) mass is 478 g/mol. The Morgan fingerprint density at radius 3 is 1.74 bits per heavy atom. The third kappa shape index (κ3) is 5.11. The third-order valence-corrected chi connectivity index (χ3v) is 7.45. The minimum absolute atomic E-state index is 0.150. The zero-order valence-corrected chi connectivity index (χ0v) is 19.6. The predicted molar refractivity (Wildman–Crippen MR) is 131 cm³/mol. The van der Waals surface area contributed by atoms with Gasteiger partial charge in [0.25, 0.3) is 0 Å². The van der Waals surface area contributed by atoms with Gasteiger partial charge in [-0.1, -0.05) is 36.4 Å². The lowest BCUT2D eigenvalue weighted by molar-refractivity contribution is -0.114. The van der Waals surface area contributed by atoms with Crippen LogP contribution in [0.3, 0.4) is 0 Å². The molecule has 34 heavy (non-hydrogen) atoms. The highest BCUT2D eigenvalue weighted by Crippen LogP contribution is 2.27. The number of hydrogen-bond acceptors (Lipinski definition) is 4. The lowest BCUT2D eigenvalue weighted by Gasteiger charge is -2.37. The topological polar surface area (TPSA) is 90.0 Å². The lowest BCUT2D eigenvalue weighted by Crippen LogP contribution is -2.53. The number of urea groups is 1. The Morgan fingerprint density at radius 2 is 1.26 bits per heavy atom. The van der Waals surface area contributed by atoms with Gasteiger partial charge in [-0.25, -0.2) is 13.2 Å². The van der Waals surface area contributed by atoms with Gasteiger partial charge in [0.1, 0.15) is 0 Å². The van der Waals surface area contributed by atoms with Crippen molar-refractivity contribution in [2.45, 2.75) is 11.8 Å². The van der Waals surface area contributed by atoms with E-state index in [2.05, 4.69) is 5.32 Å². The Kier molecular flexibility index (Phi) is 6.95. The predicted octanol–water partition coefficient (Wildman–Crippen LogP) is 3.91. The molecule has 8 nitrogen and oxygen atoms in total. The first-order valence-corrected chi connectivity index (χ1v) is 12.4. The molecule has 0 unspecified atom stereocenters. The molecule has 1 aliphatic rings. The molecule has 0 bridgehead atoms. The van der Waals surface area contributed by atoms with Gasteiger partial charge in [0.2, 0.25) is 15.9 Å². The molecule has 3 amide bonds. The number of nitrogens with one attached hydrogen (secondary N) is 1. The minimum atomic E-state index is -3.71. The summed E-state index contributed by atoms with van der Waals surface area (Å²) in [5.41, 5.74) is 2.02. The fourth-order valence-corrected chi connectivity index (χ4v) is 5.27. The van der Waals surface area contributed by atoms with E-state index in [1.165, 1.54) is 23.4 Å². The molecule has 3 aromatic carbocycles. The molecular formula is C25H26N4O4S. The van der Waals surface area contributed by atoms with Crippen LogP contribution in [0.1, 0.15) is 6.92 Å². The first kappa shape index (κ1) is 23.5. The van der Waals surface area contributed by atoms with E-state index >= 15 is 0 Å². The van der Waals surface area contributed by atoms with Crippen molar-refractivity contribution in [1.82, 2.24) is 9.21 Å². The maximum atomic E-state index is 13.5. The van der Waals surface area contributed by atoms with Crippen LogP contribution in [0, 0.1) is 0 Å². The van der Waals surface area contributed by atoms with Crippen molar-refractivity contribution in [3.05, 3.63) is 84.9 Å². The smallest absolute Gasteiger partial charge is 0.326 e. The van der Waals surface area contributed by atoms with Crippen LogP contribution in [-0.2, 0) is 14.8 Å². The fourth-order valence-electron chi connectivity index (χ4n) is 3.85. The van der Waals surface area contributed by atoms with Crippen LogP contribution in [0.5, 0.6) is 0 Å². The van der Waals surface area contributed by atoms with Crippen molar-refractivity contribution < 1.29 is 18.0 Å². The quantitative estimate of drug-likeness (QED) is 0.602. The van der Waals surface area contributed by atoms with Crippen LogP contribution in [0.2, 0.25) is 0 Å². The van der Waals surface area contributed by atoms with Gasteiger partial charge in [-0.3, -0.25) is 9.69 Å². The zero-order valence-electron chi connectivity index (χ0n) is 18.8. The molecule has 3 aromatic rings. The number of carbonyl (C=O) groups is 2. The summed E-state index contributed by atoms with van der Waals surface area (Å²) in [7, 11) is -3.71. The largest absolute Gasteiger partial charge is 0.329 e. The normalized spacial score (nSPS) is 14.4. The number of sulfonamides is 1. The van der Waals surface area contributed by atoms with Gasteiger partial charge in [-0.15, -0.1) is 0 Å². The number of anilines is 3. The molecule has 1 heterocycles. The van der Waals surface area contributed by atoms with Crippen molar-refractivity contribution in [1.29, 1.82) is 0 Å². The highest BCUT2D eigenvalue weighted by molar-refractivity contribution is 7.89. The second kappa shape index (κ2) is 10.1. The van der Waals surface area contributed by atoms with Crippen LogP contribution in [-0.4, -0.2) is 55.7 Å².